The van der Waals surface area contributed by atoms with Crippen molar-refractivity contribution >= 4 is 19.7 Å². The number of benzene rings is 4. The molecule has 2 heterocycles. The van der Waals surface area contributed by atoms with Crippen LogP contribution in [-0.2, 0) is 30.5 Å². The second-order valence-electron chi connectivity index (χ2n) is 14.9. The molecule has 3 N–H and O–H groups in total. The summed E-state index contributed by atoms with van der Waals surface area (Å²) in [5, 5.41) is 44.6. The molecular weight excluding hydrogens is 757 g/mol. The van der Waals surface area contributed by atoms with E-state index in [1.807, 2.05) is 32.9 Å². The first kappa shape index (κ1) is 43.0. The van der Waals surface area contributed by atoms with Gasteiger partial charge >= 0.3 is 0 Å². The number of rotatable bonds is 7. The van der Waals surface area contributed by atoms with Crippen LogP contribution in [0.15, 0.2) is 105 Å². The molecule has 0 fully saturated rings. The maximum Gasteiger partial charge on any atom is 0.227 e. The van der Waals surface area contributed by atoms with Crippen LogP contribution in [-0.4, -0.2) is 69.3 Å². The van der Waals surface area contributed by atoms with E-state index in [2.05, 4.69) is 41.4 Å². The summed E-state index contributed by atoms with van der Waals surface area (Å²) in [5.74, 6) is 0.205. The molecule has 14 nitrogen and oxygen atoms in total. The number of hydrogen-bond acceptors (Lipinski definition) is 12. The van der Waals surface area contributed by atoms with Gasteiger partial charge in [0.2, 0.25) is 29.7 Å². The minimum atomic E-state index is -3.88. The molecule has 0 spiro atoms. The zero-order valence-electron chi connectivity index (χ0n) is 32.0. The molecule has 6 rings (SSSR count). The molecule has 56 heavy (non-hydrogen) atoms. The normalized spacial score (nSPS) is 12.0. The van der Waals surface area contributed by atoms with Crippen LogP contribution in [0.25, 0.3) is 11.4 Å². The van der Waals surface area contributed by atoms with Crippen molar-refractivity contribution in [2.45, 2.75) is 93.5 Å². The Morgan fingerprint density at radius 1 is 0.571 bits per heavy atom. The molecule has 0 unspecified atom stereocenters. The van der Waals surface area contributed by atoms with Crippen molar-refractivity contribution in [1.82, 2.24) is 30.0 Å². The number of methoxy groups -OCH3 is 1. The Labute approximate surface area is 327 Å². The van der Waals surface area contributed by atoms with Gasteiger partial charge in [-0.25, -0.2) is 26.2 Å². The van der Waals surface area contributed by atoms with Crippen molar-refractivity contribution in [3.8, 4) is 34.4 Å². The largest absolute Gasteiger partial charge is 0.508 e. The Kier molecular flexibility index (Phi) is 12.1. The molecular formula is C40H48N6O8S2. The van der Waals surface area contributed by atoms with E-state index in [-0.39, 0.29) is 66.7 Å². The van der Waals surface area contributed by atoms with Gasteiger partial charge in [-0.1, -0.05) is 83.7 Å². The Morgan fingerprint density at radius 2 is 0.946 bits per heavy atom. The zero-order valence-corrected chi connectivity index (χ0v) is 33.6. The van der Waals surface area contributed by atoms with Crippen molar-refractivity contribution in [3.63, 3.8) is 0 Å². The van der Waals surface area contributed by atoms with E-state index in [1.54, 1.807) is 56.3 Å². The number of sulfone groups is 2. The van der Waals surface area contributed by atoms with Gasteiger partial charge in [-0.05, 0) is 84.3 Å². The third-order valence-corrected chi connectivity index (χ3v) is 12.4. The van der Waals surface area contributed by atoms with Gasteiger partial charge in [0.05, 0.1) is 28.3 Å². The molecule has 6 aromatic rings. The minimum Gasteiger partial charge on any atom is -0.508 e. The number of hydrogen-bond donors (Lipinski definition) is 3. The van der Waals surface area contributed by atoms with Gasteiger partial charge in [0.15, 0.2) is 0 Å². The first-order valence-corrected chi connectivity index (χ1v) is 20.0. The first-order valence-electron chi connectivity index (χ1n) is 17.0. The molecule has 0 saturated heterocycles. The monoisotopic (exact) mass is 804 g/mol. The van der Waals surface area contributed by atoms with Crippen LogP contribution in [0.1, 0.15) is 71.5 Å². The molecule has 0 bridgehead atoms. The van der Waals surface area contributed by atoms with Crippen LogP contribution in [0.4, 0.5) is 0 Å². The Balaban J connectivity index is 0.000000244. The average Bonchev–Trinajstić information content (AvgIpc) is 3.71. The van der Waals surface area contributed by atoms with Crippen molar-refractivity contribution < 1.29 is 36.9 Å². The molecule has 0 aliphatic heterocycles. The van der Waals surface area contributed by atoms with Gasteiger partial charge in [-0.15, -0.1) is 10.2 Å². The van der Waals surface area contributed by atoms with Gasteiger partial charge in [-0.3, -0.25) is 0 Å². The third kappa shape index (κ3) is 8.55. The lowest BCUT2D eigenvalue weighted by molar-refractivity contribution is 0.408. The van der Waals surface area contributed by atoms with Gasteiger partial charge in [0.25, 0.3) is 0 Å². The van der Waals surface area contributed by atoms with Crippen LogP contribution in [0.2, 0.25) is 0 Å². The molecule has 0 atom stereocenters. The molecule has 4 aromatic carbocycles. The van der Waals surface area contributed by atoms with Gasteiger partial charge < -0.3 is 20.1 Å². The fraction of sp³-hybridized carbons (Fsp3) is 0.300. The molecule has 2 aromatic heterocycles. The lowest BCUT2D eigenvalue weighted by Gasteiger charge is -2.19. The highest BCUT2D eigenvalue weighted by molar-refractivity contribution is 7.91. The van der Waals surface area contributed by atoms with Crippen LogP contribution in [0.5, 0.6) is 23.0 Å². The van der Waals surface area contributed by atoms with E-state index < -0.39 is 19.7 Å². The Hall–Kier alpha value is -5.74. The second-order valence-corrected chi connectivity index (χ2v) is 18.6. The maximum absolute atomic E-state index is 13.1. The molecule has 16 heteroatoms. The Bertz CT molecular complexity index is 2570. The maximum atomic E-state index is 13.1. The van der Waals surface area contributed by atoms with E-state index >= 15 is 0 Å². The van der Waals surface area contributed by atoms with E-state index in [0.29, 0.717) is 17.1 Å². The van der Waals surface area contributed by atoms with Crippen LogP contribution < -0.4 is 4.74 Å². The van der Waals surface area contributed by atoms with Crippen LogP contribution in [0, 0.1) is 13.8 Å². The predicted molar refractivity (Wildman–Crippen MR) is 212 cm³/mol. The summed E-state index contributed by atoms with van der Waals surface area (Å²) in [6.45, 7) is 15.5. The topological polar surface area (TPSA) is 200 Å². The second kappa shape index (κ2) is 15.8. The van der Waals surface area contributed by atoms with E-state index in [1.165, 1.54) is 46.8 Å². The highest BCUT2D eigenvalue weighted by atomic mass is 32.2. The predicted octanol–water partition coefficient (Wildman–Crippen LogP) is 7.17. The zero-order chi connectivity index (χ0) is 40.7. The standard InChI is InChI=1S/C20H23N3O4S.C19H21N3O4S.CH4/c1-13-19(21-22-23(13)17-12-15(24)8-11-18(17)27-5)28(25,26)16-9-6-14(7-10-16)20(2,3)4;1-12-18(20-21-22(12)16-11-14(23)7-10-17(16)24)27(25,26)15-8-5-13(6-9-15)19(2,3)4;/h6-12,24H,1-5H3;5-11,23-24H,1-4H3;1H4. The lowest BCUT2D eigenvalue weighted by atomic mass is 9.87. The number of phenolic OH excluding ortho intramolecular Hbond substituents is 3. The summed E-state index contributed by atoms with van der Waals surface area (Å²) in [6.07, 6.45) is 0. The first-order chi connectivity index (χ1) is 25.6. The summed E-state index contributed by atoms with van der Waals surface area (Å²) in [4.78, 5) is 0.268. The van der Waals surface area contributed by atoms with Crippen molar-refractivity contribution in [2.75, 3.05) is 7.11 Å². The van der Waals surface area contributed by atoms with Gasteiger partial charge in [0, 0.05) is 12.1 Å². The highest BCUT2D eigenvalue weighted by Gasteiger charge is 2.29. The molecule has 0 aliphatic rings. The van der Waals surface area contributed by atoms with E-state index in [0.717, 1.165) is 11.1 Å². The minimum absolute atomic E-state index is 0. The molecule has 0 amide bonds. The SMILES string of the molecule is C.COc1ccc(O)cc1-n1nnc(S(=O)(=O)c2ccc(C(C)(C)C)cc2)c1C.Cc1c(S(=O)(=O)c2ccc(C(C)(C)C)cc2)nnn1-c1cc(O)ccc1O. The number of aromatic nitrogens is 6. The molecule has 0 radical (unpaired) electrons. The number of phenols is 3. The Morgan fingerprint density at radius 3 is 1.34 bits per heavy atom. The number of ether oxygens (including phenoxy) is 1. The average molecular weight is 805 g/mol. The van der Waals surface area contributed by atoms with Crippen molar-refractivity contribution in [2.24, 2.45) is 0 Å². The number of aromatic hydroxyl groups is 3. The van der Waals surface area contributed by atoms with Crippen molar-refractivity contribution in [1.29, 1.82) is 0 Å². The summed E-state index contributed by atoms with van der Waals surface area (Å²) >= 11 is 0. The van der Waals surface area contributed by atoms with Gasteiger partial charge in [0.1, 0.15) is 34.4 Å². The smallest absolute Gasteiger partial charge is 0.227 e. The fourth-order valence-corrected chi connectivity index (χ4v) is 8.28. The molecule has 0 saturated carbocycles. The van der Waals surface area contributed by atoms with Crippen LogP contribution in [0.3, 0.4) is 0 Å². The van der Waals surface area contributed by atoms with Gasteiger partial charge in [-0.2, -0.15) is 0 Å². The molecule has 298 valence electrons. The summed E-state index contributed by atoms with van der Waals surface area (Å²) in [6, 6.07) is 21.9. The van der Waals surface area contributed by atoms with Crippen LogP contribution >= 0.6 is 0 Å². The number of nitrogens with zero attached hydrogens (tertiary/aromatic N) is 6. The third-order valence-electron chi connectivity index (χ3n) is 8.85. The molecule has 0 aliphatic carbocycles. The van der Waals surface area contributed by atoms with Crippen molar-refractivity contribution in [3.05, 3.63) is 107 Å². The highest BCUT2D eigenvalue weighted by Crippen LogP contribution is 2.33. The summed E-state index contributed by atoms with van der Waals surface area (Å²) in [7, 11) is -6.24. The van der Waals surface area contributed by atoms with E-state index in [4.69, 9.17) is 4.74 Å². The lowest BCUT2D eigenvalue weighted by Crippen LogP contribution is -2.12. The fourth-order valence-electron chi connectivity index (χ4n) is 5.60. The quantitative estimate of drug-likeness (QED) is 0.138. The summed E-state index contributed by atoms with van der Waals surface area (Å²) in [5.41, 5.74) is 2.99. The van der Waals surface area contributed by atoms with E-state index in [9.17, 15) is 32.2 Å². The summed E-state index contributed by atoms with van der Waals surface area (Å²) < 4.78 is 60.0.